The molecule has 0 aliphatic rings. The monoisotopic (exact) mass is 306 g/mol. The maximum atomic E-state index is 13.0. The summed E-state index contributed by atoms with van der Waals surface area (Å²) in [6.07, 6.45) is -18.5. The van der Waals surface area contributed by atoms with Gasteiger partial charge in [0.2, 0.25) is 0 Å². The summed E-state index contributed by atoms with van der Waals surface area (Å²) < 4.78 is 113. The van der Waals surface area contributed by atoms with Gasteiger partial charge in [0, 0.05) is 6.42 Å². The molecule has 0 aromatic rings. The van der Waals surface area contributed by atoms with Gasteiger partial charge in [-0.05, 0) is 13.3 Å². The molecule has 19 heavy (non-hydrogen) atoms. The lowest BCUT2D eigenvalue weighted by atomic mass is 9.92. The molecule has 0 fully saturated rings. The van der Waals surface area contributed by atoms with E-state index in [0.717, 1.165) is 6.92 Å². The Morgan fingerprint density at radius 1 is 0.947 bits per heavy atom. The topological polar surface area (TPSA) is 9.23 Å². The van der Waals surface area contributed by atoms with Crippen molar-refractivity contribution in [2.75, 3.05) is 0 Å². The zero-order valence-electron chi connectivity index (χ0n) is 9.80. The average Bonchev–Trinajstić information content (AvgIpc) is 2.11. The zero-order chi connectivity index (χ0) is 15.7. The first-order valence-electron chi connectivity index (χ1n) is 4.98. The van der Waals surface area contributed by atoms with Crippen LogP contribution in [-0.2, 0) is 4.74 Å². The van der Waals surface area contributed by atoms with E-state index in [0.29, 0.717) is 6.92 Å². The zero-order valence-corrected chi connectivity index (χ0v) is 9.80. The van der Waals surface area contributed by atoms with E-state index in [-0.39, 0.29) is 0 Å². The molecule has 0 aliphatic carbocycles. The van der Waals surface area contributed by atoms with Crippen LogP contribution in [0.5, 0.6) is 0 Å². The Bertz CT molecular complexity index is 292. The molecule has 116 valence electrons. The number of alkyl halides is 9. The SMILES string of the molecule is CCC(C)(CC(F)(F)C(F)C(F)(F)F)OC(F)(F)F. The summed E-state index contributed by atoms with van der Waals surface area (Å²) in [6, 6.07) is 0. The number of rotatable bonds is 5. The molecule has 0 bridgehead atoms. The smallest absolute Gasteiger partial charge is 0.285 e. The van der Waals surface area contributed by atoms with E-state index in [9.17, 15) is 39.5 Å². The second kappa shape index (κ2) is 5.37. The van der Waals surface area contributed by atoms with Crippen LogP contribution in [0.4, 0.5) is 39.5 Å². The maximum absolute atomic E-state index is 13.0. The largest absolute Gasteiger partial charge is 0.523 e. The van der Waals surface area contributed by atoms with E-state index >= 15 is 0 Å². The second-order valence-electron chi connectivity index (χ2n) is 4.19. The van der Waals surface area contributed by atoms with Gasteiger partial charge in [0.15, 0.2) is 0 Å². The lowest BCUT2D eigenvalue weighted by Crippen LogP contribution is -2.48. The predicted molar refractivity (Wildman–Crippen MR) is 46.4 cm³/mol. The number of hydrogen-bond donors (Lipinski definition) is 0. The third kappa shape index (κ3) is 5.87. The first-order valence-corrected chi connectivity index (χ1v) is 4.98. The van der Waals surface area contributed by atoms with Crippen molar-refractivity contribution < 1.29 is 44.3 Å². The van der Waals surface area contributed by atoms with Gasteiger partial charge in [-0.25, -0.2) is 13.2 Å². The normalized spacial score (nSPS) is 19.1. The van der Waals surface area contributed by atoms with Gasteiger partial charge in [0.25, 0.3) is 12.1 Å². The van der Waals surface area contributed by atoms with Gasteiger partial charge >= 0.3 is 12.5 Å². The Morgan fingerprint density at radius 2 is 1.37 bits per heavy atom. The Hall–Kier alpha value is -0.670. The number of ether oxygens (including phenoxy) is 1. The molecule has 0 aromatic heterocycles. The fourth-order valence-corrected chi connectivity index (χ4v) is 1.34. The van der Waals surface area contributed by atoms with Crippen molar-refractivity contribution in [3.63, 3.8) is 0 Å². The minimum Gasteiger partial charge on any atom is -0.285 e. The van der Waals surface area contributed by atoms with Crippen molar-refractivity contribution in [1.82, 2.24) is 0 Å². The van der Waals surface area contributed by atoms with Crippen LogP contribution in [0.25, 0.3) is 0 Å². The van der Waals surface area contributed by atoms with Gasteiger partial charge in [0.1, 0.15) is 0 Å². The van der Waals surface area contributed by atoms with E-state index in [1.165, 1.54) is 0 Å². The Labute approximate surface area is 102 Å². The molecule has 1 nitrogen and oxygen atoms in total. The molecule has 0 aromatic carbocycles. The van der Waals surface area contributed by atoms with Crippen LogP contribution in [0.1, 0.15) is 26.7 Å². The van der Waals surface area contributed by atoms with Gasteiger partial charge < -0.3 is 0 Å². The van der Waals surface area contributed by atoms with Crippen molar-refractivity contribution in [1.29, 1.82) is 0 Å². The quantitative estimate of drug-likeness (QED) is 0.674. The number of hydrogen-bond acceptors (Lipinski definition) is 1. The molecule has 0 rings (SSSR count). The van der Waals surface area contributed by atoms with Crippen LogP contribution in [0, 0.1) is 0 Å². The van der Waals surface area contributed by atoms with Gasteiger partial charge in [-0.3, -0.25) is 4.74 Å². The van der Waals surface area contributed by atoms with Crippen LogP contribution in [0.15, 0.2) is 0 Å². The highest BCUT2D eigenvalue weighted by atomic mass is 19.4. The number of halogens is 9. The summed E-state index contributed by atoms with van der Waals surface area (Å²) in [5, 5.41) is 0. The molecule has 0 amide bonds. The Kier molecular flexibility index (Phi) is 5.18. The van der Waals surface area contributed by atoms with Gasteiger partial charge in [0.05, 0.1) is 5.60 Å². The lowest BCUT2D eigenvalue weighted by molar-refractivity contribution is -0.373. The molecular formula is C9H11F9O. The van der Waals surface area contributed by atoms with Crippen LogP contribution in [0.2, 0.25) is 0 Å². The van der Waals surface area contributed by atoms with Crippen molar-refractivity contribution in [2.24, 2.45) is 0 Å². The first-order chi connectivity index (χ1) is 8.13. The molecule has 0 radical (unpaired) electrons. The van der Waals surface area contributed by atoms with Gasteiger partial charge in [-0.15, -0.1) is 13.2 Å². The summed E-state index contributed by atoms with van der Waals surface area (Å²) in [5.41, 5.74) is -2.66. The summed E-state index contributed by atoms with van der Waals surface area (Å²) in [6.45, 7) is 1.54. The van der Waals surface area contributed by atoms with E-state index in [1.807, 2.05) is 0 Å². The Balaban J connectivity index is 5.06. The molecule has 2 unspecified atom stereocenters. The molecule has 0 spiro atoms. The van der Waals surface area contributed by atoms with E-state index in [2.05, 4.69) is 4.74 Å². The fourth-order valence-electron chi connectivity index (χ4n) is 1.34. The van der Waals surface area contributed by atoms with Crippen molar-refractivity contribution in [3.05, 3.63) is 0 Å². The Morgan fingerprint density at radius 3 is 1.63 bits per heavy atom. The van der Waals surface area contributed by atoms with Crippen LogP contribution < -0.4 is 0 Å². The van der Waals surface area contributed by atoms with Crippen LogP contribution >= 0.6 is 0 Å². The highest BCUT2D eigenvalue weighted by Crippen LogP contribution is 2.42. The summed E-state index contributed by atoms with van der Waals surface area (Å²) in [5.74, 6) is -5.02. The third-order valence-corrected chi connectivity index (χ3v) is 2.38. The molecule has 10 heteroatoms. The molecule has 0 aliphatic heterocycles. The van der Waals surface area contributed by atoms with E-state index in [1.54, 1.807) is 0 Å². The van der Waals surface area contributed by atoms with Crippen LogP contribution in [-0.4, -0.2) is 30.2 Å². The molecule has 0 saturated heterocycles. The highest BCUT2D eigenvalue weighted by molar-refractivity contribution is 4.90. The van der Waals surface area contributed by atoms with E-state index < -0.39 is 43.1 Å². The van der Waals surface area contributed by atoms with Gasteiger partial charge in [-0.1, -0.05) is 6.92 Å². The third-order valence-electron chi connectivity index (χ3n) is 2.38. The summed E-state index contributed by atoms with van der Waals surface area (Å²) >= 11 is 0. The molecule has 0 heterocycles. The molecule has 2 atom stereocenters. The van der Waals surface area contributed by atoms with Crippen molar-refractivity contribution in [2.45, 2.75) is 56.9 Å². The van der Waals surface area contributed by atoms with Gasteiger partial charge in [-0.2, -0.15) is 13.2 Å². The second-order valence-corrected chi connectivity index (χ2v) is 4.19. The van der Waals surface area contributed by atoms with Crippen molar-refractivity contribution in [3.8, 4) is 0 Å². The fraction of sp³-hybridized carbons (Fsp3) is 1.00. The lowest BCUT2D eigenvalue weighted by Gasteiger charge is -2.34. The highest BCUT2D eigenvalue weighted by Gasteiger charge is 2.59. The van der Waals surface area contributed by atoms with Crippen molar-refractivity contribution >= 4 is 0 Å². The average molecular weight is 306 g/mol. The maximum Gasteiger partial charge on any atom is 0.523 e. The minimum absolute atomic E-state index is 0.539. The summed E-state index contributed by atoms with van der Waals surface area (Å²) in [4.78, 5) is 0. The molecule has 0 N–H and O–H groups in total. The first kappa shape index (κ1) is 18.3. The van der Waals surface area contributed by atoms with Crippen LogP contribution in [0.3, 0.4) is 0 Å². The molecule has 0 saturated carbocycles. The van der Waals surface area contributed by atoms with E-state index in [4.69, 9.17) is 0 Å². The predicted octanol–water partition coefficient (Wildman–Crippen LogP) is 4.62. The summed E-state index contributed by atoms with van der Waals surface area (Å²) in [7, 11) is 0. The standard InChI is InChI=1S/C9H11F9O/c1-3-6(2,19-9(16,17)18)4-7(11,12)5(10)8(13,14)15/h5H,3-4H2,1-2H3. The molecular weight excluding hydrogens is 295 g/mol. The minimum atomic E-state index is -5.86.